The van der Waals surface area contributed by atoms with E-state index in [-0.39, 0.29) is 5.84 Å². The summed E-state index contributed by atoms with van der Waals surface area (Å²) in [6.45, 7) is 1.38. The Morgan fingerprint density at radius 1 is 1.40 bits per heavy atom. The number of benzene rings is 1. The minimum atomic E-state index is 0.241. The first-order valence-electron chi connectivity index (χ1n) is 4.91. The summed E-state index contributed by atoms with van der Waals surface area (Å²) in [5.41, 5.74) is 6.70. The summed E-state index contributed by atoms with van der Waals surface area (Å²) in [5, 5.41) is 11.3. The van der Waals surface area contributed by atoms with E-state index in [1.165, 1.54) is 5.56 Å². The maximum Gasteiger partial charge on any atom is 0.153 e. The lowest BCUT2D eigenvalue weighted by Crippen LogP contribution is -2.32. The molecule has 0 aliphatic rings. The van der Waals surface area contributed by atoms with E-state index in [9.17, 15) is 0 Å². The van der Waals surface area contributed by atoms with Crippen LogP contribution in [0.1, 0.15) is 5.56 Å². The molecule has 1 rings (SSSR count). The summed E-state index contributed by atoms with van der Waals surface area (Å²) in [7, 11) is 1.95. The predicted molar refractivity (Wildman–Crippen MR) is 61.1 cm³/mol. The quantitative estimate of drug-likeness (QED) is 0.326. The number of likely N-dealkylation sites (N-methyl/N-ethyl adjacent to an activating group) is 1. The Hall–Kier alpha value is -1.55. The van der Waals surface area contributed by atoms with Crippen molar-refractivity contribution in [3.8, 4) is 0 Å². The van der Waals surface area contributed by atoms with Gasteiger partial charge in [-0.2, -0.15) is 0 Å². The Kier molecular flexibility index (Phi) is 4.63. The van der Waals surface area contributed by atoms with Crippen molar-refractivity contribution in [3.63, 3.8) is 0 Å². The Labute approximate surface area is 90.0 Å². The molecule has 4 heteroatoms. The Bertz CT molecular complexity index is 311. The van der Waals surface area contributed by atoms with Crippen LogP contribution < -0.4 is 5.73 Å². The molecular weight excluding hydrogens is 190 g/mol. The highest BCUT2D eigenvalue weighted by molar-refractivity contribution is 5.81. The second kappa shape index (κ2) is 6.03. The number of rotatable bonds is 5. The Morgan fingerprint density at radius 2 is 2.07 bits per heavy atom. The third kappa shape index (κ3) is 4.46. The highest BCUT2D eigenvalue weighted by Gasteiger charge is 2.01. The van der Waals surface area contributed by atoms with Crippen molar-refractivity contribution in [2.24, 2.45) is 10.9 Å². The van der Waals surface area contributed by atoms with Crippen molar-refractivity contribution in [3.05, 3.63) is 35.9 Å². The van der Waals surface area contributed by atoms with Crippen LogP contribution in [-0.2, 0) is 6.42 Å². The van der Waals surface area contributed by atoms with Crippen molar-refractivity contribution in [2.75, 3.05) is 20.1 Å². The van der Waals surface area contributed by atoms with E-state index in [4.69, 9.17) is 10.9 Å². The van der Waals surface area contributed by atoms with Crippen LogP contribution in [0.4, 0.5) is 0 Å². The molecule has 1 aromatic rings. The van der Waals surface area contributed by atoms with E-state index in [0.717, 1.165) is 13.0 Å². The molecule has 3 N–H and O–H groups in total. The summed E-state index contributed by atoms with van der Waals surface area (Å²) in [6.07, 6.45) is 0.968. The molecule has 0 saturated heterocycles. The molecule has 0 aliphatic heterocycles. The van der Waals surface area contributed by atoms with E-state index >= 15 is 0 Å². The molecule has 0 bridgehead atoms. The highest BCUT2D eigenvalue weighted by Crippen LogP contribution is 2.00. The van der Waals surface area contributed by atoms with Gasteiger partial charge in [0.15, 0.2) is 5.84 Å². The van der Waals surface area contributed by atoms with Gasteiger partial charge in [-0.05, 0) is 19.0 Å². The third-order valence-electron chi connectivity index (χ3n) is 2.19. The summed E-state index contributed by atoms with van der Waals surface area (Å²) >= 11 is 0. The zero-order valence-electron chi connectivity index (χ0n) is 8.93. The molecule has 0 amide bonds. The topological polar surface area (TPSA) is 61.8 Å². The maximum absolute atomic E-state index is 8.41. The standard InChI is InChI=1S/C11H17N3O/c1-14(9-11(12)13-15)8-7-10-5-3-2-4-6-10/h2-6,15H,7-9H2,1H3,(H2,12,13). The molecular formula is C11H17N3O. The first kappa shape index (κ1) is 11.5. The molecule has 0 saturated carbocycles. The van der Waals surface area contributed by atoms with Crippen molar-refractivity contribution >= 4 is 5.84 Å². The van der Waals surface area contributed by atoms with Crippen LogP contribution >= 0.6 is 0 Å². The molecule has 0 heterocycles. The van der Waals surface area contributed by atoms with Crippen LogP contribution in [0.5, 0.6) is 0 Å². The van der Waals surface area contributed by atoms with Gasteiger partial charge in [0.05, 0.1) is 6.54 Å². The van der Waals surface area contributed by atoms with Crippen LogP contribution in [0, 0.1) is 0 Å². The van der Waals surface area contributed by atoms with Gasteiger partial charge in [-0.3, -0.25) is 4.90 Å². The van der Waals surface area contributed by atoms with Gasteiger partial charge in [-0.15, -0.1) is 0 Å². The van der Waals surface area contributed by atoms with Crippen molar-refractivity contribution in [1.82, 2.24) is 4.90 Å². The first-order valence-corrected chi connectivity index (χ1v) is 4.91. The Balaban J connectivity index is 2.31. The van der Waals surface area contributed by atoms with Gasteiger partial charge in [0.1, 0.15) is 0 Å². The molecule has 0 spiro atoms. The van der Waals surface area contributed by atoms with E-state index < -0.39 is 0 Å². The number of hydrogen-bond donors (Lipinski definition) is 2. The Morgan fingerprint density at radius 3 is 2.67 bits per heavy atom. The second-order valence-corrected chi connectivity index (χ2v) is 3.56. The smallest absolute Gasteiger partial charge is 0.153 e. The molecule has 15 heavy (non-hydrogen) atoms. The largest absolute Gasteiger partial charge is 0.409 e. The average molecular weight is 207 g/mol. The number of oxime groups is 1. The van der Waals surface area contributed by atoms with Gasteiger partial charge in [0.2, 0.25) is 0 Å². The number of nitrogens with two attached hydrogens (primary N) is 1. The molecule has 0 atom stereocenters. The van der Waals surface area contributed by atoms with Crippen LogP contribution in [-0.4, -0.2) is 36.1 Å². The van der Waals surface area contributed by atoms with Gasteiger partial charge in [-0.25, -0.2) is 0 Å². The minimum absolute atomic E-state index is 0.241. The molecule has 4 nitrogen and oxygen atoms in total. The predicted octanol–water partition coefficient (Wildman–Crippen LogP) is 0.907. The van der Waals surface area contributed by atoms with Gasteiger partial charge in [0.25, 0.3) is 0 Å². The summed E-state index contributed by atoms with van der Waals surface area (Å²) < 4.78 is 0. The highest BCUT2D eigenvalue weighted by atomic mass is 16.4. The van der Waals surface area contributed by atoms with Crippen LogP contribution in [0.25, 0.3) is 0 Å². The summed E-state index contributed by atoms with van der Waals surface area (Å²) in [5.74, 6) is 0.241. The van der Waals surface area contributed by atoms with E-state index in [0.29, 0.717) is 6.54 Å². The second-order valence-electron chi connectivity index (χ2n) is 3.56. The molecule has 82 valence electrons. The number of amidine groups is 1. The fraction of sp³-hybridized carbons (Fsp3) is 0.364. The number of hydrogen-bond acceptors (Lipinski definition) is 3. The molecule has 0 aliphatic carbocycles. The van der Waals surface area contributed by atoms with Crippen LogP contribution in [0.15, 0.2) is 35.5 Å². The van der Waals surface area contributed by atoms with Crippen LogP contribution in [0.2, 0.25) is 0 Å². The number of nitrogens with zero attached hydrogens (tertiary/aromatic N) is 2. The minimum Gasteiger partial charge on any atom is -0.409 e. The van der Waals surface area contributed by atoms with E-state index in [1.54, 1.807) is 0 Å². The molecule has 0 aromatic heterocycles. The van der Waals surface area contributed by atoms with Crippen molar-refractivity contribution < 1.29 is 5.21 Å². The zero-order chi connectivity index (χ0) is 11.1. The molecule has 0 radical (unpaired) electrons. The third-order valence-corrected chi connectivity index (χ3v) is 2.19. The fourth-order valence-corrected chi connectivity index (χ4v) is 1.35. The first-order chi connectivity index (χ1) is 7.22. The molecule has 1 aromatic carbocycles. The van der Waals surface area contributed by atoms with Gasteiger partial charge in [0, 0.05) is 6.54 Å². The zero-order valence-corrected chi connectivity index (χ0v) is 8.93. The fourth-order valence-electron chi connectivity index (χ4n) is 1.35. The SMILES string of the molecule is CN(CCc1ccccc1)CC(N)=NO. The van der Waals surface area contributed by atoms with Gasteiger partial charge < -0.3 is 10.9 Å². The van der Waals surface area contributed by atoms with Crippen LogP contribution in [0.3, 0.4) is 0 Å². The lowest BCUT2D eigenvalue weighted by molar-refractivity contribution is 0.310. The van der Waals surface area contributed by atoms with E-state index in [1.807, 2.05) is 30.1 Å². The van der Waals surface area contributed by atoms with Crippen molar-refractivity contribution in [2.45, 2.75) is 6.42 Å². The van der Waals surface area contributed by atoms with Gasteiger partial charge in [-0.1, -0.05) is 35.5 Å². The maximum atomic E-state index is 8.41. The summed E-state index contributed by atoms with van der Waals surface area (Å²) in [4.78, 5) is 2.02. The lowest BCUT2D eigenvalue weighted by atomic mass is 10.1. The lowest BCUT2D eigenvalue weighted by Gasteiger charge is -2.15. The van der Waals surface area contributed by atoms with Crippen molar-refractivity contribution in [1.29, 1.82) is 0 Å². The average Bonchev–Trinajstić information content (AvgIpc) is 2.27. The molecule has 0 fully saturated rings. The van der Waals surface area contributed by atoms with Gasteiger partial charge >= 0.3 is 0 Å². The monoisotopic (exact) mass is 207 g/mol. The normalized spacial score (nSPS) is 12.0. The summed E-state index contributed by atoms with van der Waals surface area (Å²) in [6, 6.07) is 10.2. The van der Waals surface area contributed by atoms with E-state index in [2.05, 4.69) is 17.3 Å². The molecule has 0 unspecified atom stereocenters.